The zero-order chi connectivity index (χ0) is 14.1. The highest BCUT2D eigenvalue weighted by Crippen LogP contribution is 2.33. The van der Waals surface area contributed by atoms with Crippen molar-refractivity contribution in [2.24, 2.45) is 0 Å². The highest BCUT2D eigenvalue weighted by atomic mass is 79.9. The van der Waals surface area contributed by atoms with Crippen LogP contribution < -0.4 is 4.74 Å². The maximum atomic E-state index is 10.6. The summed E-state index contributed by atoms with van der Waals surface area (Å²) in [6.45, 7) is 0. The van der Waals surface area contributed by atoms with E-state index >= 15 is 0 Å². The number of aliphatic hydroxyl groups excluding tert-OH is 1. The second kappa shape index (κ2) is 5.31. The number of rotatable bonds is 3. The number of methoxy groups -OCH3 is 1. The van der Waals surface area contributed by atoms with Crippen LogP contribution >= 0.6 is 15.9 Å². The molecule has 1 aromatic heterocycles. The first-order chi connectivity index (χ1) is 9.69. The largest absolute Gasteiger partial charge is 0.496 e. The lowest BCUT2D eigenvalue weighted by atomic mass is 9.99. The van der Waals surface area contributed by atoms with Crippen molar-refractivity contribution in [3.63, 3.8) is 0 Å². The molecule has 0 fully saturated rings. The van der Waals surface area contributed by atoms with Crippen LogP contribution in [0.1, 0.15) is 17.2 Å². The Morgan fingerprint density at radius 2 is 2.00 bits per heavy atom. The van der Waals surface area contributed by atoms with Crippen molar-refractivity contribution < 1.29 is 9.84 Å². The van der Waals surface area contributed by atoms with Crippen LogP contribution in [0.15, 0.2) is 53.1 Å². The molecule has 0 amide bonds. The van der Waals surface area contributed by atoms with Crippen LogP contribution in [0.2, 0.25) is 0 Å². The topological polar surface area (TPSA) is 45.2 Å². The van der Waals surface area contributed by atoms with Crippen LogP contribution in [0.5, 0.6) is 5.75 Å². The predicted molar refractivity (Wildman–Crippen MR) is 83.1 cm³/mol. The van der Waals surface area contributed by atoms with Gasteiger partial charge in [0, 0.05) is 21.7 Å². The third-order valence-corrected chi connectivity index (χ3v) is 3.87. The maximum Gasteiger partial charge on any atom is 0.125 e. The number of benzene rings is 2. The molecule has 0 saturated heterocycles. The van der Waals surface area contributed by atoms with Gasteiger partial charge in [-0.1, -0.05) is 22.0 Å². The number of hydrogen-bond donors (Lipinski definition) is 2. The van der Waals surface area contributed by atoms with Crippen LogP contribution in [0.3, 0.4) is 0 Å². The number of aromatic amines is 1. The van der Waals surface area contributed by atoms with Crippen molar-refractivity contribution in [2.75, 3.05) is 7.11 Å². The molecule has 1 unspecified atom stereocenters. The number of hydrogen-bond acceptors (Lipinski definition) is 2. The van der Waals surface area contributed by atoms with Crippen molar-refractivity contribution in [3.8, 4) is 5.75 Å². The van der Waals surface area contributed by atoms with E-state index in [1.807, 2.05) is 48.7 Å². The highest BCUT2D eigenvalue weighted by Gasteiger charge is 2.16. The third kappa shape index (κ3) is 2.32. The standard InChI is InChI=1S/C16H14BrNO2/c1-20-15-5-3-12(17)9-13(15)16(19)11-2-4-14-10(8-11)6-7-18-14/h2-9,16,18-19H,1H3. The average Bonchev–Trinajstić information content (AvgIpc) is 2.93. The Balaban J connectivity index is 2.06. The minimum Gasteiger partial charge on any atom is -0.496 e. The average molecular weight is 332 g/mol. The number of nitrogens with one attached hydrogen (secondary N) is 1. The summed E-state index contributed by atoms with van der Waals surface area (Å²) in [6, 6.07) is 13.5. The third-order valence-electron chi connectivity index (χ3n) is 3.38. The van der Waals surface area contributed by atoms with Gasteiger partial charge in [-0.2, -0.15) is 0 Å². The molecule has 1 heterocycles. The summed E-state index contributed by atoms with van der Waals surface area (Å²) in [5.41, 5.74) is 2.65. The van der Waals surface area contributed by atoms with E-state index in [2.05, 4.69) is 20.9 Å². The van der Waals surface area contributed by atoms with Crippen molar-refractivity contribution in [2.45, 2.75) is 6.10 Å². The first-order valence-corrected chi connectivity index (χ1v) is 7.07. The molecule has 2 aromatic carbocycles. The number of fused-ring (bicyclic) bond motifs is 1. The van der Waals surface area contributed by atoms with Crippen molar-refractivity contribution in [3.05, 3.63) is 64.3 Å². The zero-order valence-corrected chi connectivity index (χ0v) is 12.5. The molecule has 3 aromatic rings. The molecule has 0 aliphatic carbocycles. The van der Waals surface area contributed by atoms with Gasteiger partial charge < -0.3 is 14.8 Å². The highest BCUT2D eigenvalue weighted by molar-refractivity contribution is 9.10. The molecule has 3 nitrogen and oxygen atoms in total. The smallest absolute Gasteiger partial charge is 0.125 e. The predicted octanol–water partition coefficient (Wildman–Crippen LogP) is 4.02. The Morgan fingerprint density at radius 1 is 1.15 bits per heavy atom. The summed E-state index contributed by atoms with van der Waals surface area (Å²) in [7, 11) is 1.61. The molecule has 0 aliphatic heterocycles. The van der Waals surface area contributed by atoms with E-state index in [0.29, 0.717) is 5.75 Å². The van der Waals surface area contributed by atoms with Gasteiger partial charge in [0.2, 0.25) is 0 Å². The summed E-state index contributed by atoms with van der Waals surface area (Å²) in [4.78, 5) is 3.14. The van der Waals surface area contributed by atoms with Crippen LogP contribution in [0.25, 0.3) is 10.9 Å². The van der Waals surface area contributed by atoms with Crippen LogP contribution in [0.4, 0.5) is 0 Å². The van der Waals surface area contributed by atoms with E-state index in [1.54, 1.807) is 7.11 Å². The lowest BCUT2D eigenvalue weighted by molar-refractivity contribution is 0.215. The van der Waals surface area contributed by atoms with E-state index in [-0.39, 0.29) is 0 Å². The molecule has 0 spiro atoms. The van der Waals surface area contributed by atoms with Gasteiger partial charge in [-0.15, -0.1) is 0 Å². The molecule has 20 heavy (non-hydrogen) atoms. The summed E-state index contributed by atoms with van der Waals surface area (Å²) < 4.78 is 6.24. The Morgan fingerprint density at radius 3 is 2.80 bits per heavy atom. The van der Waals surface area contributed by atoms with E-state index in [1.165, 1.54) is 0 Å². The fourth-order valence-corrected chi connectivity index (χ4v) is 2.72. The van der Waals surface area contributed by atoms with Gasteiger partial charge in [-0.05, 0) is 47.3 Å². The molecular formula is C16H14BrNO2. The SMILES string of the molecule is COc1ccc(Br)cc1C(O)c1ccc2[nH]ccc2c1. The minimum absolute atomic E-state index is 0.676. The second-order valence-corrected chi connectivity index (χ2v) is 5.53. The molecule has 102 valence electrons. The Labute approximate surface area is 125 Å². The fourth-order valence-electron chi connectivity index (χ4n) is 2.34. The van der Waals surface area contributed by atoms with Gasteiger partial charge in [0.15, 0.2) is 0 Å². The van der Waals surface area contributed by atoms with Gasteiger partial charge in [-0.3, -0.25) is 0 Å². The quantitative estimate of drug-likeness (QED) is 0.761. The summed E-state index contributed by atoms with van der Waals surface area (Å²) in [5, 5.41) is 11.7. The number of halogens is 1. The number of aliphatic hydroxyl groups is 1. The maximum absolute atomic E-state index is 10.6. The normalized spacial score (nSPS) is 12.6. The fraction of sp³-hybridized carbons (Fsp3) is 0.125. The zero-order valence-electron chi connectivity index (χ0n) is 10.9. The number of H-pyrrole nitrogens is 1. The summed E-state index contributed by atoms with van der Waals surface area (Å²) >= 11 is 3.43. The van der Waals surface area contributed by atoms with Gasteiger partial charge >= 0.3 is 0 Å². The lowest BCUT2D eigenvalue weighted by Crippen LogP contribution is -2.02. The first-order valence-electron chi connectivity index (χ1n) is 6.27. The van der Waals surface area contributed by atoms with Crippen molar-refractivity contribution >= 4 is 26.8 Å². The molecule has 0 saturated carbocycles. The Hall–Kier alpha value is -1.78. The monoisotopic (exact) mass is 331 g/mol. The van der Waals surface area contributed by atoms with Crippen LogP contribution in [-0.2, 0) is 0 Å². The van der Waals surface area contributed by atoms with Gasteiger partial charge in [0.25, 0.3) is 0 Å². The van der Waals surface area contributed by atoms with E-state index in [9.17, 15) is 5.11 Å². The van der Waals surface area contributed by atoms with E-state index < -0.39 is 6.10 Å². The molecule has 0 radical (unpaired) electrons. The summed E-state index contributed by atoms with van der Waals surface area (Å²) in [6.07, 6.45) is 1.17. The van der Waals surface area contributed by atoms with Gasteiger partial charge in [-0.25, -0.2) is 0 Å². The van der Waals surface area contributed by atoms with E-state index in [4.69, 9.17) is 4.74 Å². The molecule has 2 N–H and O–H groups in total. The molecular weight excluding hydrogens is 318 g/mol. The second-order valence-electron chi connectivity index (χ2n) is 4.61. The van der Waals surface area contributed by atoms with Crippen molar-refractivity contribution in [1.29, 1.82) is 0 Å². The van der Waals surface area contributed by atoms with Crippen molar-refractivity contribution in [1.82, 2.24) is 4.98 Å². The van der Waals surface area contributed by atoms with E-state index in [0.717, 1.165) is 26.5 Å². The lowest BCUT2D eigenvalue weighted by Gasteiger charge is -2.15. The molecule has 0 bridgehead atoms. The molecule has 3 rings (SSSR count). The van der Waals surface area contributed by atoms with Gasteiger partial charge in [0.1, 0.15) is 11.9 Å². The molecule has 4 heteroatoms. The number of aromatic nitrogens is 1. The van der Waals surface area contributed by atoms with Crippen LogP contribution in [0, 0.1) is 0 Å². The Kier molecular flexibility index (Phi) is 3.51. The minimum atomic E-state index is -0.721. The van der Waals surface area contributed by atoms with Crippen LogP contribution in [-0.4, -0.2) is 17.2 Å². The Bertz CT molecular complexity index is 751. The first kappa shape index (κ1) is 13.2. The summed E-state index contributed by atoms with van der Waals surface area (Å²) in [5.74, 6) is 0.676. The number of ether oxygens (including phenoxy) is 1. The molecule has 0 aliphatic rings. The molecule has 1 atom stereocenters. The van der Waals surface area contributed by atoms with Gasteiger partial charge in [0.05, 0.1) is 7.11 Å².